The minimum Gasteiger partial charge on any atom is -0.464 e. The minimum absolute atomic E-state index is 0.0498. The molecule has 0 spiro atoms. The highest BCUT2D eigenvalue weighted by Crippen LogP contribution is 2.13. The van der Waals surface area contributed by atoms with Gasteiger partial charge in [-0.3, -0.25) is 0 Å². The Bertz CT molecular complexity index is 281. The van der Waals surface area contributed by atoms with Crippen LogP contribution in [-0.2, 0) is 14.3 Å². The van der Waals surface area contributed by atoms with Crippen LogP contribution in [0.4, 0.5) is 4.79 Å². The Morgan fingerprint density at radius 2 is 1.72 bits per heavy atom. The fraction of sp³-hybridized carbons (Fsp3) is 0.846. The maximum Gasteiger partial charge on any atom is 0.407 e. The summed E-state index contributed by atoms with van der Waals surface area (Å²) in [7, 11) is 0. The normalized spacial score (nSPS) is 13.1. The molecule has 1 amide bonds. The summed E-state index contributed by atoms with van der Waals surface area (Å²) < 4.78 is 9.96. The van der Waals surface area contributed by atoms with Gasteiger partial charge in [-0.05, 0) is 18.3 Å². The maximum atomic E-state index is 11.6. The van der Waals surface area contributed by atoms with Crippen LogP contribution in [0.1, 0.15) is 41.5 Å². The lowest BCUT2D eigenvalue weighted by molar-refractivity contribution is -0.146. The van der Waals surface area contributed by atoms with Gasteiger partial charge in [0.25, 0.3) is 0 Å². The molecule has 0 fully saturated rings. The van der Waals surface area contributed by atoms with Crippen molar-refractivity contribution in [2.45, 2.75) is 47.6 Å². The second kappa shape index (κ2) is 7.24. The summed E-state index contributed by atoms with van der Waals surface area (Å²) in [5.41, 5.74) is -0.103. The predicted octanol–water partition coefficient (Wildman–Crippen LogP) is 2.35. The van der Waals surface area contributed by atoms with Crippen molar-refractivity contribution >= 4 is 12.1 Å². The first-order chi connectivity index (χ1) is 8.17. The van der Waals surface area contributed by atoms with Crippen LogP contribution in [0.15, 0.2) is 0 Å². The maximum absolute atomic E-state index is 11.6. The van der Waals surface area contributed by atoms with Gasteiger partial charge in [0.1, 0.15) is 6.04 Å². The standard InChI is InChI=1S/C13H25NO4/c1-7-17-11(15)10(9(2)3)14-12(16)18-8-13(4,5)6/h9-10H,7-8H2,1-6H3,(H,14,16). The molecule has 18 heavy (non-hydrogen) atoms. The molecule has 0 aliphatic carbocycles. The van der Waals surface area contributed by atoms with Gasteiger partial charge in [-0.2, -0.15) is 0 Å². The van der Waals surface area contributed by atoms with E-state index in [4.69, 9.17) is 9.47 Å². The molecule has 0 aliphatic rings. The van der Waals surface area contributed by atoms with Crippen LogP contribution in [0.5, 0.6) is 0 Å². The molecule has 1 unspecified atom stereocenters. The van der Waals surface area contributed by atoms with Crippen molar-refractivity contribution in [2.75, 3.05) is 13.2 Å². The van der Waals surface area contributed by atoms with Crippen molar-refractivity contribution in [1.29, 1.82) is 0 Å². The van der Waals surface area contributed by atoms with E-state index in [1.807, 2.05) is 34.6 Å². The summed E-state index contributed by atoms with van der Waals surface area (Å²) in [6, 6.07) is -0.669. The Labute approximate surface area is 109 Å². The van der Waals surface area contributed by atoms with Gasteiger partial charge in [0, 0.05) is 0 Å². The van der Waals surface area contributed by atoms with E-state index < -0.39 is 18.1 Å². The average Bonchev–Trinajstić information content (AvgIpc) is 2.21. The van der Waals surface area contributed by atoms with Crippen molar-refractivity contribution in [3.8, 4) is 0 Å². The van der Waals surface area contributed by atoms with Crippen molar-refractivity contribution in [1.82, 2.24) is 5.32 Å². The van der Waals surface area contributed by atoms with Gasteiger partial charge in [0.2, 0.25) is 0 Å². The number of esters is 1. The Balaban J connectivity index is 4.33. The Morgan fingerprint density at radius 3 is 2.11 bits per heavy atom. The number of nitrogens with one attached hydrogen (secondary N) is 1. The third-order valence-electron chi connectivity index (χ3n) is 2.12. The second-order valence-electron chi connectivity index (χ2n) is 5.75. The highest BCUT2D eigenvalue weighted by molar-refractivity contribution is 5.81. The first-order valence-corrected chi connectivity index (χ1v) is 6.27. The van der Waals surface area contributed by atoms with E-state index in [0.717, 1.165) is 0 Å². The quantitative estimate of drug-likeness (QED) is 0.770. The first-order valence-electron chi connectivity index (χ1n) is 6.27. The van der Waals surface area contributed by atoms with E-state index in [-0.39, 0.29) is 11.3 Å². The summed E-state index contributed by atoms with van der Waals surface area (Å²) in [6.45, 7) is 11.9. The molecule has 0 aliphatic heterocycles. The fourth-order valence-corrected chi connectivity index (χ4v) is 1.18. The van der Waals surface area contributed by atoms with Gasteiger partial charge in [0.15, 0.2) is 0 Å². The summed E-state index contributed by atoms with van der Waals surface area (Å²) in [5, 5.41) is 2.54. The predicted molar refractivity (Wildman–Crippen MR) is 69.2 cm³/mol. The Kier molecular flexibility index (Phi) is 6.73. The SMILES string of the molecule is CCOC(=O)C(NC(=O)OCC(C)(C)C)C(C)C. The van der Waals surface area contributed by atoms with Crippen LogP contribution in [-0.4, -0.2) is 31.3 Å². The smallest absolute Gasteiger partial charge is 0.407 e. The molecular weight excluding hydrogens is 234 g/mol. The van der Waals surface area contributed by atoms with Crippen molar-refractivity contribution in [3.63, 3.8) is 0 Å². The van der Waals surface area contributed by atoms with Crippen LogP contribution in [0, 0.1) is 11.3 Å². The number of hydrogen-bond donors (Lipinski definition) is 1. The van der Waals surface area contributed by atoms with E-state index in [2.05, 4.69) is 5.32 Å². The molecular formula is C13H25NO4. The van der Waals surface area contributed by atoms with Crippen LogP contribution < -0.4 is 5.32 Å². The number of amides is 1. The van der Waals surface area contributed by atoms with Crippen LogP contribution in [0.25, 0.3) is 0 Å². The molecule has 0 aromatic heterocycles. The van der Waals surface area contributed by atoms with Crippen molar-refractivity contribution < 1.29 is 19.1 Å². The van der Waals surface area contributed by atoms with E-state index in [1.54, 1.807) is 6.92 Å². The molecule has 5 heteroatoms. The summed E-state index contributed by atoms with van der Waals surface area (Å²) >= 11 is 0. The zero-order chi connectivity index (χ0) is 14.3. The summed E-state index contributed by atoms with van der Waals surface area (Å²) in [6.07, 6.45) is -0.586. The van der Waals surface area contributed by atoms with Crippen molar-refractivity contribution in [2.24, 2.45) is 11.3 Å². The third-order valence-corrected chi connectivity index (χ3v) is 2.12. The number of hydrogen-bond acceptors (Lipinski definition) is 4. The van der Waals surface area contributed by atoms with Gasteiger partial charge in [-0.25, -0.2) is 9.59 Å². The van der Waals surface area contributed by atoms with Gasteiger partial charge >= 0.3 is 12.1 Å². The van der Waals surface area contributed by atoms with Gasteiger partial charge in [-0.15, -0.1) is 0 Å². The van der Waals surface area contributed by atoms with E-state index in [1.165, 1.54) is 0 Å². The molecule has 0 radical (unpaired) electrons. The topological polar surface area (TPSA) is 64.6 Å². The van der Waals surface area contributed by atoms with Crippen LogP contribution in [0.2, 0.25) is 0 Å². The molecule has 0 aromatic carbocycles. The number of alkyl carbamates (subject to hydrolysis) is 1. The Hall–Kier alpha value is -1.26. The lowest BCUT2D eigenvalue weighted by Gasteiger charge is -2.22. The minimum atomic E-state index is -0.669. The van der Waals surface area contributed by atoms with Gasteiger partial charge < -0.3 is 14.8 Å². The van der Waals surface area contributed by atoms with Crippen LogP contribution >= 0.6 is 0 Å². The lowest BCUT2D eigenvalue weighted by atomic mass is 9.99. The van der Waals surface area contributed by atoms with Gasteiger partial charge in [0.05, 0.1) is 13.2 Å². The number of carbonyl (C=O) groups excluding carboxylic acids is 2. The molecule has 0 saturated heterocycles. The molecule has 0 heterocycles. The zero-order valence-corrected chi connectivity index (χ0v) is 12.2. The average molecular weight is 259 g/mol. The van der Waals surface area contributed by atoms with E-state index in [9.17, 15) is 9.59 Å². The Morgan fingerprint density at radius 1 is 1.17 bits per heavy atom. The lowest BCUT2D eigenvalue weighted by Crippen LogP contribution is -2.46. The van der Waals surface area contributed by atoms with Gasteiger partial charge in [-0.1, -0.05) is 34.6 Å². The van der Waals surface area contributed by atoms with E-state index in [0.29, 0.717) is 13.2 Å². The molecule has 1 N–H and O–H groups in total. The summed E-state index contributed by atoms with van der Waals surface area (Å²) in [5.74, 6) is -0.480. The first kappa shape index (κ1) is 16.7. The summed E-state index contributed by atoms with van der Waals surface area (Å²) in [4.78, 5) is 23.2. The largest absolute Gasteiger partial charge is 0.464 e. The molecule has 1 atom stereocenters. The molecule has 106 valence electrons. The molecule has 0 saturated carbocycles. The molecule has 0 aromatic rings. The monoisotopic (exact) mass is 259 g/mol. The number of ether oxygens (including phenoxy) is 2. The molecule has 0 rings (SSSR count). The van der Waals surface area contributed by atoms with Crippen LogP contribution in [0.3, 0.4) is 0 Å². The fourth-order valence-electron chi connectivity index (χ4n) is 1.18. The van der Waals surface area contributed by atoms with E-state index >= 15 is 0 Å². The van der Waals surface area contributed by atoms with Crippen molar-refractivity contribution in [3.05, 3.63) is 0 Å². The third kappa shape index (κ3) is 7.14. The second-order valence-corrected chi connectivity index (χ2v) is 5.75. The number of rotatable bonds is 5. The molecule has 5 nitrogen and oxygen atoms in total. The number of carbonyl (C=O) groups is 2. The zero-order valence-electron chi connectivity index (χ0n) is 12.2. The molecule has 0 bridgehead atoms. The highest BCUT2D eigenvalue weighted by atomic mass is 16.6. The highest BCUT2D eigenvalue weighted by Gasteiger charge is 2.26.